The maximum absolute atomic E-state index is 12.1. The van der Waals surface area contributed by atoms with E-state index in [0.717, 1.165) is 33.3 Å². The standard InChI is InChI=1S/C19H19N3O/c1-11-7-12(2)17(13(3)8-11)16(18(20)23)9-14-10-22-19-15(14)5-4-6-21-19/h4-10H,1-3H3,(H2,20,23)(H,21,22)/b16-9-. The summed E-state index contributed by atoms with van der Waals surface area (Å²) >= 11 is 0. The maximum Gasteiger partial charge on any atom is 0.249 e. The lowest BCUT2D eigenvalue weighted by Gasteiger charge is -2.13. The molecule has 4 heteroatoms. The van der Waals surface area contributed by atoms with Crippen LogP contribution in [0.1, 0.15) is 27.8 Å². The van der Waals surface area contributed by atoms with E-state index < -0.39 is 5.91 Å². The fourth-order valence-electron chi connectivity index (χ4n) is 3.12. The van der Waals surface area contributed by atoms with Gasteiger partial charge in [0.15, 0.2) is 0 Å². The van der Waals surface area contributed by atoms with Crippen molar-refractivity contribution in [1.82, 2.24) is 9.97 Å². The maximum atomic E-state index is 12.1. The van der Waals surface area contributed by atoms with Crippen molar-refractivity contribution in [2.45, 2.75) is 20.8 Å². The van der Waals surface area contributed by atoms with Crippen LogP contribution in [0.2, 0.25) is 0 Å². The lowest BCUT2D eigenvalue weighted by Crippen LogP contribution is -2.14. The van der Waals surface area contributed by atoms with Crippen molar-refractivity contribution >= 4 is 28.6 Å². The number of carbonyl (C=O) groups is 1. The van der Waals surface area contributed by atoms with Gasteiger partial charge < -0.3 is 10.7 Å². The first-order valence-electron chi connectivity index (χ1n) is 7.49. The summed E-state index contributed by atoms with van der Waals surface area (Å²) in [6.45, 7) is 6.05. The molecule has 0 saturated carbocycles. The fourth-order valence-corrected chi connectivity index (χ4v) is 3.12. The van der Waals surface area contributed by atoms with Crippen LogP contribution in [-0.2, 0) is 4.79 Å². The van der Waals surface area contributed by atoms with E-state index in [9.17, 15) is 4.79 Å². The van der Waals surface area contributed by atoms with Gasteiger partial charge in [0.2, 0.25) is 5.91 Å². The van der Waals surface area contributed by atoms with Gasteiger partial charge in [-0.25, -0.2) is 4.98 Å². The number of benzene rings is 1. The van der Waals surface area contributed by atoms with Gasteiger partial charge in [0.05, 0.1) is 0 Å². The molecule has 3 aromatic rings. The Labute approximate surface area is 135 Å². The van der Waals surface area contributed by atoms with Gasteiger partial charge in [0.25, 0.3) is 0 Å². The zero-order valence-electron chi connectivity index (χ0n) is 13.5. The number of hydrogen-bond acceptors (Lipinski definition) is 2. The smallest absolute Gasteiger partial charge is 0.249 e. The third-order valence-corrected chi connectivity index (χ3v) is 3.99. The molecular weight excluding hydrogens is 286 g/mol. The van der Waals surface area contributed by atoms with E-state index in [0.29, 0.717) is 5.57 Å². The highest BCUT2D eigenvalue weighted by atomic mass is 16.1. The third kappa shape index (κ3) is 2.75. The molecule has 0 aliphatic rings. The Morgan fingerprint density at radius 1 is 1.22 bits per heavy atom. The van der Waals surface area contributed by atoms with Crippen LogP contribution in [0.3, 0.4) is 0 Å². The monoisotopic (exact) mass is 305 g/mol. The summed E-state index contributed by atoms with van der Waals surface area (Å²) in [7, 11) is 0. The average molecular weight is 305 g/mol. The van der Waals surface area contributed by atoms with Crippen LogP contribution in [0, 0.1) is 20.8 Å². The second-order valence-electron chi connectivity index (χ2n) is 5.84. The van der Waals surface area contributed by atoms with Crippen LogP contribution in [-0.4, -0.2) is 15.9 Å². The number of rotatable bonds is 3. The summed E-state index contributed by atoms with van der Waals surface area (Å²) < 4.78 is 0. The molecule has 0 bridgehead atoms. The molecule has 0 spiro atoms. The summed E-state index contributed by atoms with van der Waals surface area (Å²) in [5.41, 5.74) is 12.1. The Bertz CT molecular complexity index is 912. The minimum atomic E-state index is -0.432. The van der Waals surface area contributed by atoms with Gasteiger partial charge in [0, 0.05) is 28.9 Å². The molecule has 0 aliphatic heterocycles. The largest absolute Gasteiger partial charge is 0.366 e. The molecule has 0 atom stereocenters. The number of pyridine rings is 1. The quantitative estimate of drug-likeness (QED) is 0.727. The van der Waals surface area contributed by atoms with Crippen LogP contribution in [0.5, 0.6) is 0 Å². The molecule has 2 aromatic heterocycles. The van der Waals surface area contributed by atoms with Crippen LogP contribution >= 0.6 is 0 Å². The van der Waals surface area contributed by atoms with Gasteiger partial charge in [-0.05, 0) is 55.7 Å². The Balaban J connectivity index is 2.22. The van der Waals surface area contributed by atoms with E-state index in [-0.39, 0.29) is 0 Å². The Morgan fingerprint density at radius 3 is 2.57 bits per heavy atom. The molecule has 2 heterocycles. The zero-order chi connectivity index (χ0) is 16.6. The summed E-state index contributed by atoms with van der Waals surface area (Å²) in [6.07, 6.45) is 5.42. The number of carbonyl (C=O) groups excluding carboxylic acids is 1. The predicted octanol–water partition coefficient (Wildman–Crippen LogP) is 3.51. The number of nitrogens with zero attached hydrogens (tertiary/aromatic N) is 1. The van der Waals surface area contributed by atoms with Crippen LogP contribution in [0.4, 0.5) is 0 Å². The van der Waals surface area contributed by atoms with E-state index in [4.69, 9.17) is 5.73 Å². The SMILES string of the molecule is Cc1cc(C)c(/C(=C/c2c[nH]c3ncccc23)C(N)=O)c(C)c1. The second-order valence-corrected chi connectivity index (χ2v) is 5.84. The van der Waals surface area contributed by atoms with Gasteiger partial charge in [-0.3, -0.25) is 4.79 Å². The van der Waals surface area contributed by atoms with E-state index in [1.165, 1.54) is 5.56 Å². The highest BCUT2D eigenvalue weighted by Gasteiger charge is 2.15. The van der Waals surface area contributed by atoms with E-state index in [2.05, 4.69) is 22.1 Å². The number of amides is 1. The number of nitrogens with two attached hydrogens (primary N) is 1. The van der Waals surface area contributed by atoms with E-state index >= 15 is 0 Å². The van der Waals surface area contributed by atoms with Crippen molar-refractivity contribution in [3.63, 3.8) is 0 Å². The topological polar surface area (TPSA) is 71.8 Å². The van der Waals surface area contributed by atoms with Gasteiger partial charge >= 0.3 is 0 Å². The number of H-pyrrole nitrogens is 1. The van der Waals surface area contributed by atoms with Gasteiger partial charge in [-0.15, -0.1) is 0 Å². The molecule has 0 aliphatic carbocycles. The number of primary amides is 1. The Hall–Kier alpha value is -2.88. The van der Waals surface area contributed by atoms with Crippen molar-refractivity contribution in [2.24, 2.45) is 5.73 Å². The molecule has 0 saturated heterocycles. The average Bonchev–Trinajstić information content (AvgIpc) is 2.88. The second kappa shape index (κ2) is 5.72. The molecule has 3 N–H and O–H groups in total. The molecule has 1 aromatic carbocycles. The minimum Gasteiger partial charge on any atom is -0.366 e. The highest BCUT2D eigenvalue weighted by Crippen LogP contribution is 2.28. The molecule has 0 radical (unpaired) electrons. The van der Waals surface area contributed by atoms with Crippen molar-refractivity contribution in [1.29, 1.82) is 0 Å². The van der Waals surface area contributed by atoms with E-state index in [1.807, 2.05) is 45.2 Å². The first kappa shape index (κ1) is 15.0. The van der Waals surface area contributed by atoms with Crippen molar-refractivity contribution < 1.29 is 4.79 Å². The van der Waals surface area contributed by atoms with Crippen LogP contribution in [0.25, 0.3) is 22.7 Å². The van der Waals surface area contributed by atoms with Crippen LogP contribution in [0.15, 0.2) is 36.7 Å². The lowest BCUT2D eigenvalue weighted by molar-refractivity contribution is -0.112. The number of hydrogen-bond donors (Lipinski definition) is 2. The first-order chi connectivity index (χ1) is 11.0. The van der Waals surface area contributed by atoms with Gasteiger partial charge in [0.1, 0.15) is 5.65 Å². The zero-order valence-corrected chi connectivity index (χ0v) is 13.5. The molecular formula is C19H19N3O. The first-order valence-corrected chi connectivity index (χ1v) is 7.49. The van der Waals surface area contributed by atoms with Crippen molar-refractivity contribution in [3.8, 4) is 0 Å². The normalized spacial score (nSPS) is 11.9. The van der Waals surface area contributed by atoms with E-state index in [1.54, 1.807) is 6.20 Å². The number of aromatic nitrogens is 2. The molecule has 116 valence electrons. The number of aromatic amines is 1. The fraction of sp³-hybridized carbons (Fsp3) is 0.158. The van der Waals surface area contributed by atoms with Crippen LogP contribution < -0.4 is 5.73 Å². The van der Waals surface area contributed by atoms with Crippen molar-refractivity contribution in [3.05, 3.63) is 64.5 Å². The Morgan fingerprint density at radius 2 is 1.91 bits per heavy atom. The molecule has 0 fully saturated rings. The number of nitrogens with one attached hydrogen (secondary N) is 1. The summed E-state index contributed by atoms with van der Waals surface area (Å²) in [5, 5.41) is 0.966. The highest BCUT2D eigenvalue weighted by molar-refractivity contribution is 6.25. The molecule has 3 rings (SSSR count). The lowest BCUT2D eigenvalue weighted by atomic mass is 9.92. The summed E-state index contributed by atoms with van der Waals surface area (Å²) in [6, 6.07) is 7.98. The van der Waals surface area contributed by atoms with Gasteiger partial charge in [-0.2, -0.15) is 0 Å². The summed E-state index contributed by atoms with van der Waals surface area (Å²) in [4.78, 5) is 19.5. The number of fused-ring (bicyclic) bond motifs is 1. The summed E-state index contributed by atoms with van der Waals surface area (Å²) in [5.74, 6) is -0.432. The predicted molar refractivity (Wildman–Crippen MR) is 93.8 cm³/mol. The van der Waals surface area contributed by atoms with Gasteiger partial charge in [-0.1, -0.05) is 17.7 Å². The molecule has 1 amide bonds. The Kier molecular flexibility index (Phi) is 3.74. The minimum absolute atomic E-state index is 0.432. The molecule has 23 heavy (non-hydrogen) atoms. The van der Waals surface area contributed by atoms with Crippen molar-refractivity contribution in [2.75, 3.05) is 0 Å². The molecule has 0 unspecified atom stereocenters. The number of aryl methyl sites for hydroxylation is 3. The molecule has 4 nitrogen and oxygen atoms in total. The third-order valence-electron chi connectivity index (χ3n) is 3.99.